The van der Waals surface area contributed by atoms with Crippen LogP contribution in [0.1, 0.15) is 36.7 Å². The number of likely N-dealkylation sites (N-methyl/N-ethyl adjacent to an activating group) is 1. The Kier molecular flexibility index (Phi) is 8.69. The van der Waals surface area contributed by atoms with Crippen molar-refractivity contribution in [2.75, 3.05) is 32.6 Å². The second-order valence-electron chi connectivity index (χ2n) is 7.41. The standard InChI is InChI=1S/C23H30ClN3O3/c1-6-27(16(2)3)14-17-7-9-18(10-8-17)23(29)26(4)15-22(28)25-20-13-19(24)11-12-21(20)30-5/h7-13,16H,6,14-15H2,1-5H3,(H,25,28). The third-order valence-electron chi connectivity index (χ3n) is 4.89. The third-order valence-corrected chi connectivity index (χ3v) is 5.12. The van der Waals surface area contributed by atoms with Gasteiger partial charge in [-0.05, 0) is 56.3 Å². The van der Waals surface area contributed by atoms with Gasteiger partial charge in [0.2, 0.25) is 5.91 Å². The fourth-order valence-electron chi connectivity index (χ4n) is 3.12. The van der Waals surface area contributed by atoms with Crippen molar-refractivity contribution in [2.45, 2.75) is 33.4 Å². The Hall–Kier alpha value is -2.57. The number of nitrogens with zero attached hydrogens (tertiary/aromatic N) is 2. The Morgan fingerprint density at radius 2 is 1.80 bits per heavy atom. The fraction of sp³-hybridized carbons (Fsp3) is 0.391. The predicted octanol–water partition coefficient (Wildman–Crippen LogP) is 4.29. The van der Waals surface area contributed by atoms with E-state index in [0.29, 0.717) is 28.1 Å². The number of hydrogen-bond donors (Lipinski definition) is 1. The normalized spacial score (nSPS) is 10.9. The minimum absolute atomic E-state index is 0.0901. The van der Waals surface area contributed by atoms with Crippen LogP contribution in [0.2, 0.25) is 5.02 Å². The Balaban J connectivity index is 1.98. The number of ether oxygens (including phenoxy) is 1. The Labute approximate surface area is 183 Å². The highest BCUT2D eigenvalue weighted by Gasteiger charge is 2.17. The van der Waals surface area contributed by atoms with E-state index in [2.05, 4.69) is 31.0 Å². The average Bonchev–Trinajstić information content (AvgIpc) is 2.71. The maximum absolute atomic E-state index is 12.7. The second kappa shape index (κ2) is 11.0. The lowest BCUT2D eigenvalue weighted by Gasteiger charge is -2.24. The summed E-state index contributed by atoms with van der Waals surface area (Å²) in [6.07, 6.45) is 0. The highest BCUT2D eigenvalue weighted by molar-refractivity contribution is 6.31. The van der Waals surface area contributed by atoms with E-state index >= 15 is 0 Å². The first-order chi connectivity index (χ1) is 14.2. The first-order valence-electron chi connectivity index (χ1n) is 9.97. The molecular formula is C23H30ClN3O3. The van der Waals surface area contributed by atoms with Gasteiger partial charge in [0.15, 0.2) is 0 Å². The zero-order valence-corrected chi connectivity index (χ0v) is 19.0. The van der Waals surface area contributed by atoms with Crippen molar-refractivity contribution in [1.29, 1.82) is 0 Å². The van der Waals surface area contributed by atoms with Crippen LogP contribution in [-0.2, 0) is 11.3 Å². The SMILES string of the molecule is CCN(Cc1ccc(C(=O)N(C)CC(=O)Nc2cc(Cl)ccc2OC)cc1)C(C)C. The summed E-state index contributed by atoms with van der Waals surface area (Å²) in [5.41, 5.74) is 2.16. The van der Waals surface area contributed by atoms with Crippen LogP contribution in [0.5, 0.6) is 5.75 Å². The number of benzene rings is 2. The molecule has 0 aliphatic rings. The summed E-state index contributed by atoms with van der Waals surface area (Å²) in [5.74, 6) is -0.0515. The number of methoxy groups -OCH3 is 1. The number of halogens is 1. The van der Waals surface area contributed by atoms with E-state index in [4.69, 9.17) is 16.3 Å². The molecule has 6 nitrogen and oxygen atoms in total. The molecule has 30 heavy (non-hydrogen) atoms. The molecule has 0 aliphatic heterocycles. The molecule has 0 unspecified atom stereocenters. The monoisotopic (exact) mass is 431 g/mol. The topological polar surface area (TPSA) is 61.9 Å². The van der Waals surface area contributed by atoms with E-state index in [9.17, 15) is 9.59 Å². The van der Waals surface area contributed by atoms with Crippen LogP contribution >= 0.6 is 11.6 Å². The number of carbonyl (C=O) groups excluding carboxylic acids is 2. The van der Waals surface area contributed by atoms with Crippen molar-refractivity contribution < 1.29 is 14.3 Å². The number of rotatable bonds is 9. The largest absolute Gasteiger partial charge is 0.495 e. The van der Waals surface area contributed by atoms with Gasteiger partial charge in [0.25, 0.3) is 5.91 Å². The molecule has 7 heteroatoms. The first-order valence-corrected chi connectivity index (χ1v) is 10.3. The summed E-state index contributed by atoms with van der Waals surface area (Å²) in [7, 11) is 3.11. The highest BCUT2D eigenvalue weighted by atomic mass is 35.5. The van der Waals surface area contributed by atoms with Crippen molar-refractivity contribution in [3.63, 3.8) is 0 Å². The van der Waals surface area contributed by atoms with Crippen molar-refractivity contribution in [3.8, 4) is 5.75 Å². The lowest BCUT2D eigenvalue weighted by atomic mass is 10.1. The van der Waals surface area contributed by atoms with Crippen LogP contribution < -0.4 is 10.1 Å². The fourth-order valence-corrected chi connectivity index (χ4v) is 3.29. The molecule has 2 aromatic carbocycles. The maximum Gasteiger partial charge on any atom is 0.254 e. The van der Waals surface area contributed by atoms with Gasteiger partial charge >= 0.3 is 0 Å². The minimum Gasteiger partial charge on any atom is -0.495 e. The van der Waals surface area contributed by atoms with Gasteiger partial charge in [0.05, 0.1) is 19.3 Å². The number of anilines is 1. The van der Waals surface area contributed by atoms with Gasteiger partial charge in [-0.25, -0.2) is 0 Å². The summed E-state index contributed by atoms with van der Waals surface area (Å²) in [4.78, 5) is 28.8. The second-order valence-corrected chi connectivity index (χ2v) is 7.84. The number of carbonyl (C=O) groups is 2. The number of hydrogen-bond acceptors (Lipinski definition) is 4. The zero-order chi connectivity index (χ0) is 22.3. The lowest BCUT2D eigenvalue weighted by Crippen LogP contribution is -2.35. The van der Waals surface area contributed by atoms with E-state index in [1.54, 1.807) is 37.4 Å². The van der Waals surface area contributed by atoms with Crippen molar-refractivity contribution in [1.82, 2.24) is 9.80 Å². The highest BCUT2D eigenvalue weighted by Crippen LogP contribution is 2.27. The van der Waals surface area contributed by atoms with Crippen LogP contribution in [0.25, 0.3) is 0 Å². The van der Waals surface area contributed by atoms with Gasteiger partial charge in [-0.15, -0.1) is 0 Å². The smallest absolute Gasteiger partial charge is 0.254 e. The summed E-state index contributed by atoms with van der Waals surface area (Å²) in [6.45, 7) is 8.18. The summed E-state index contributed by atoms with van der Waals surface area (Å²) in [5, 5.41) is 3.22. The molecule has 0 aromatic heterocycles. The van der Waals surface area contributed by atoms with Gasteiger partial charge < -0.3 is 15.0 Å². The van der Waals surface area contributed by atoms with Crippen LogP contribution in [0.3, 0.4) is 0 Å². The van der Waals surface area contributed by atoms with E-state index in [-0.39, 0.29) is 18.4 Å². The predicted molar refractivity (Wildman–Crippen MR) is 121 cm³/mol. The molecule has 0 fully saturated rings. The molecule has 0 atom stereocenters. The van der Waals surface area contributed by atoms with Crippen molar-refractivity contribution >= 4 is 29.1 Å². The molecule has 0 heterocycles. The average molecular weight is 432 g/mol. The van der Waals surface area contributed by atoms with Crippen LogP contribution in [0.4, 0.5) is 5.69 Å². The van der Waals surface area contributed by atoms with Gasteiger partial charge in [-0.3, -0.25) is 14.5 Å². The number of amides is 2. The van der Waals surface area contributed by atoms with E-state index in [1.807, 2.05) is 12.1 Å². The summed E-state index contributed by atoms with van der Waals surface area (Å²) >= 11 is 5.99. The molecular weight excluding hydrogens is 402 g/mol. The molecule has 2 aromatic rings. The number of nitrogens with one attached hydrogen (secondary N) is 1. The third kappa shape index (κ3) is 6.47. The Morgan fingerprint density at radius 3 is 2.37 bits per heavy atom. The quantitative estimate of drug-likeness (QED) is 0.643. The molecule has 2 amide bonds. The molecule has 0 radical (unpaired) electrons. The summed E-state index contributed by atoms with van der Waals surface area (Å²) < 4.78 is 5.23. The van der Waals surface area contributed by atoms with Gasteiger partial charge in [0.1, 0.15) is 5.75 Å². The molecule has 2 rings (SSSR count). The van der Waals surface area contributed by atoms with E-state index < -0.39 is 0 Å². The van der Waals surface area contributed by atoms with E-state index in [1.165, 1.54) is 12.0 Å². The first kappa shape index (κ1) is 23.7. The molecule has 0 saturated heterocycles. The lowest BCUT2D eigenvalue weighted by molar-refractivity contribution is -0.116. The van der Waals surface area contributed by atoms with E-state index in [0.717, 1.165) is 18.7 Å². The minimum atomic E-state index is -0.335. The molecule has 0 bridgehead atoms. The van der Waals surface area contributed by atoms with Gasteiger partial charge in [-0.1, -0.05) is 30.7 Å². The Bertz CT molecular complexity index is 868. The van der Waals surface area contributed by atoms with Crippen molar-refractivity contribution in [3.05, 3.63) is 58.6 Å². The van der Waals surface area contributed by atoms with Gasteiger partial charge in [-0.2, -0.15) is 0 Å². The molecule has 1 N–H and O–H groups in total. The molecule has 0 aliphatic carbocycles. The van der Waals surface area contributed by atoms with Crippen LogP contribution in [0, 0.1) is 0 Å². The Morgan fingerprint density at radius 1 is 1.13 bits per heavy atom. The van der Waals surface area contributed by atoms with Crippen LogP contribution in [0.15, 0.2) is 42.5 Å². The van der Waals surface area contributed by atoms with Gasteiger partial charge in [0, 0.05) is 30.2 Å². The zero-order valence-electron chi connectivity index (χ0n) is 18.2. The molecule has 0 saturated carbocycles. The maximum atomic E-state index is 12.7. The summed E-state index contributed by atoms with van der Waals surface area (Å²) in [6, 6.07) is 12.9. The van der Waals surface area contributed by atoms with Crippen LogP contribution in [-0.4, -0.2) is 54.9 Å². The van der Waals surface area contributed by atoms with Crippen molar-refractivity contribution in [2.24, 2.45) is 0 Å². The molecule has 162 valence electrons. The molecule has 0 spiro atoms.